The lowest BCUT2D eigenvalue weighted by molar-refractivity contribution is -0.132. The van der Waals surface area contributed by atoms with Crippen LogP contribution in [0.5, 0.6) is 11.5 Å². The molecule has 0 saturated carbocycles. The average Bonchev–Trinajstić information content (AvgIpc) is 3.40. The van der Waals surface area contributed by atoms with Gasteiger partial charge in [0.1, 0.15) is 0 Å². The number of anilines is 1. The van der Waals surface area contributed by atoms with Gasteiger partial charge in [0.15, 0.2) is 15.8 Å². The third-order valence-electron chi connectivity index (χ3n) is 4.14. The Bertz CT molecular complexity index is 927. The molecule has 1 aromatic heterocycles. The van der Waals surface area contributed by atoms with Gasteiger partial charge in [0.25, 0.3) is 0 Å². The Morgan fingerprint density at radius 3 is 2.90 bits per heavy atom. The minimum atomic E-state index is -0.320. The number of thioether (sulfide) groups is 1. The topological polar surface area (TPSA) is 103 Å². The van der Waals surface area contributed by atoms with Gasteiger partial charge in [-0.25, -0.2) is 0 Å². The number of nitrogens with zero attached hydrogens (tertiary/aromatic N) is 3. The van der Waals surface area contributed by atoms with E-state index in [1.165, 1.54) is 29.2 Å². The number of carbonyl (C=O) groups excluding carboxylic acids is 2. The van der Waals surface area contributed by atoms with Crippen LogP contribution in [0.4, 0.5) is 5.13 Å². The maximum atomic E-state index is 12.2. The van der Waals surface area contributed by atoms with E-state index in [0.717, 1.165) is 5.56 Å². The fraction of sp³-hybridized carbons (Fsp3) is 0.333. The van der Waals surface area contributed by atoms with Gasteiger partial charge in [-0.2, -0.15) is 0 Å². The Labute approximate surface area is 175 Å². The molecule has 2 amide bonds. The van der Waals surface area contributed by atoms with Crippen molar-refractivity contribution < 1.29 is 23.8 Å². The molecule has 0 unspecified atom stereocenters. The minimum Gasteiger partial charge on any atom is -0.454 e. The van der Waals surface area contributed by atoms with Crippen molar-refractivity contribution in [3.05, 3.63) is 29.8 Å². The fourth-order valence-electron chi connectivity index (χ4n) is 2.68. The Hall–Kier alpha value is -2.63. The van der Waals surface area contributed by atoms with Gasteiger partial charge in [0.05, 0.1) is 19.0 Å². The van der Waals surface area contributed by atoms with Gasteiger partial charge in [-0.1, -0.05) is 29.2 Å². The minimum absolute atomic E-state index is 0.0470. The summed E-state index contributed by atoms with van der Waals surface area (Å²) in [6, 6.07) is 5.44. The summed E-state index contributed by atoms with van der Waals surface area (Å²) in [5.74, 6) is 1.36. The van der Waals surface area contributed by atoms with E-state index in [2.05, 4.69) is 15.5 Å². The monoisotopic (exact) mass is 434 g/mol. The van der Waals surface area contributed by atoms with Crippen LogP contribution in [0.15, 0.2) is 28.6 Å². The van der Waals surface area contributed by atoms with Crippen molar-refractivity contribution in [2.75, 3.05) is 44.2 Å². The number of rotatable bonds is 6. The van der Waals surface area contributed by atoms with Crippen molar-refractivity contribution in [1.29, 1.82) is 0 Å². The summed E-state index contributed by atoms with van der Waals surface area (Å²) in [5.41, 5.74) is 0.819. The molecular weight excluding hydrogens is 416 g/mol. The zero-order valence-corrected chi connectivity index (χ0v) is 17.0. The lowest BCUT2D eigenvalue weighted by Crippen LogP contribution is -2.41. The third kappa shape index (κ3) is 5.25. The van der Waals surface area contributed by atoms with E-state index >= 15 is 0 Å². The summed E-state index contributed by atoms with van der Waals surface area (Å²) >= 11 is 2.54. The van der Waals surface area contributed by atoms with Crippen LogP contribution in [0.3, 0.4) is 0 Å². The molecule has 1 N–H and O–H groups in total. The van der Waals surface area contributed by atoms with Crippen molar-refractivity contribution in [2.24, 2.45) is 0 Å². The molecule has 0 bridgehead atoms. The molecular formula is C18H18N4O5S2. The van der Waals surface area contributed by atoms with Crippen LogP contribution in [0.25, 0.3) is 6.08 Å². The fourth-order valence-corrected chi connectivity index (χ4v) is 4.34. The highest BCUT2D eigenvalue weighted by Crippen LogP contribution is 2.32. The van der Waals surface area contributed by atoms with Gasteiger partial charge in [-0.15, -0.1) is 10.2 Å². The number of fused-ring (bicyclic) bond motifs is 1. The Balaban J connectivity index is 1.26. The number of benzene rings is 1. The van der Waals surface area contributed by atoms with Crippen LogP contribution in [-0.2, 0) is 14.3 Å². The molecule has 1 aromatic carbocycles. The van der Waals surface area contributed by atoms with E-state index in [0.29, 0.717) is 47.3 Å². The number of amides is 2. The zero-order valence-electron chi connectivity index (χ0n) is 15.3. The molecule has 1 saturated heterocycles. The van der Waals surface area contributed by atoms with E-state index in [1.807, 2.05) is 6.07 Å². The molecule has 0 radical (unpaired) electrons. The van der Waals surface area contributed by atoms with Gasteiger partial charge in [-0.05, 0) is 23.8 Å². The zero-order chi connectivity index (χ0) is 20.1. The van der Waals surface area contributed by atoms with Crippen LogP contribution < -0.4 is 14.8 Å². The maximum absolute atomic E-state index is 12.2. The number of hydrogen-bond acceptors (Lipinski definition) is 9. The van der Waals surface area contributed by atoms with E-state index in [4.69, 9.17) is 14.2 Å². The van der Waals surface area contributed by atoms with E-state index in [9.17, 15) is 9.59 Å². The number of carbonyl (C=O) groups is 2. The van der Waals surface area contributed by atoms with Gasteiger partial charge >= 0.3 is 0 Å². The van der Waals surface area contributed by atoms with Crippen molar-refractivity contribution in [3.8, 4) is 11.5 Å². The third-order valence-corrected chi connectivity index (χ3v) is 6.10. The Morgan fingerprint density at radius 1 is 1.21 bits per heavy atom. The highest BCUT2D eigenvalue weighted by atomic mass is 32.2. The van der Waals surface area contributed by atoms with E-state index < -0.39 is 0 Å². The van der Waals surface area contributed by atoms with Crippen molar-refractivity contribution in [2.45, 2.75) is 4.34 Å². The second-order valence-corrected chi connectivity index (χ2v) is 8.29. The predicted octanol–water partition coefficient (Wildman–Crippen LogP) is 1.87. The molecule has 1 fully saturated rings. The van der Waals surface area contributed by atoms with Gasteiger partial charge in [0.2, 0.25) is 23.7 Å². The summed E-state index contributed by atoms with van der Waals surface area (Å²) in [5, 5.41) is 11.0. The summed E-state index contributed by atoms with van der Waals surface area (Å²) in [6.07, 6.45) is 3.09. The SMILES string of the molecule is O=C(/C=C/c1ccc2c(c1)OCO2)Nc1nnc(SCC(=O)N2CCOCC2)s1. The predicted molar refractivity (Wildman–Crippen MR) is 108 cm³/mol. The van der Waals surface area contributed by atoms with Crippen LogP contribution in [0.1, 0.15) is 5.56 Å². The van der Waals surface area contributed by atoms with Crippen LogP contribution >= 0.6 is 23.1 Å². The highest BCUT2D eigenvalue weighted by molar-refractivity contribution is 8.01. The second kappa shape index (κ2) is 9.25. The summed E-state index contributed by atoms with van der Waals surface area (Å²) in [6.45, 7) is 2.59. The normalized spacial score (nSPS) is 15.7. The number of nitrogens with one attached hydrogen (secondary N) is 1. The molecule has 2 aliphatic rings. The van der Waals surface area contributed by atoms with Crippen molar-refractivity contribution in [1.82, 2.24) is 15.1 Å². The largest absolute Gasteiger partial charge is 0.454 e. The van der Waals surface area contributed by atoms with E-state index in [-0.39, 0.29) is 24.4 Å². The van der Waals surface area contributed by atoms with Crippen molar-refractivity contribution >= 4 is 46.1 Å². The van der Waals surface area contributed by atoms with Crippen LogP contribution in [-0.4, -0.2) is 65.8 Å². The Kier molecular flexibility index (Phi) is 6.27. The van der Waals surface area contributed by atoms with E-state index in [1.54, 1.807) is 23.1 Å². The average molecular weight is 434 g/mol. The molecule has 0 spiro atoms. The molecule has 11 heteroatoms. The number of hydrogen-bond donors (Lipinski definition) is 1. The van der Waals surface area contributed by atoms with Crippen molar-refractivity contribution in [3.63, 3.8) is 0 Å². The highest BCUT2D eigenvalue weighted by Gasteiger charge is 2.18. The first-order valence-corrected chi connectivity index (χ1v) is 10.7. The van der Waals surface area contributed by atoms with Gasteiger partial charge < -0.3 is 19.1 Å². The molecule has 0 atom stereocenters. The summed E-state index contributed by atoms with van der Waals surface area (Å²) < 4.78 is 16.4. The summed E-state index contributed by atoms with van der Waals surface area (Å²) in [7, 11) is 0. The molecule has 2 aromatic rings. The van der Waals surface area contributed by atoms with Gasteiger partial charge in [-0.3, -0.25) is 14.9 Å². The molecule has 2 aliphatic heterocycles. The molecule has 3 heterocycles. The van der Waals surface area contributed by atoms with Crippen LogP contribution in [0, 0.1) is 0 Å². The quantitative estimate of drug-likeness (QED) is 0.418. The molecule has 4 rings (SSSR count). The standard InChI is InChI=1S/C18H18N4O5S2/c23-15(4-2-12-1-3-13-14(9-12)27-11-26-13)19-17-20-21-18(29-17)28-10-16(24)22-5-7-25-8-6-22/h1-4,9H,5-8,10-11H2,(H,19,20,23)/b4-2+. The first kappa shape index (κ1) is 19.7. The molecule has 0 aliphatic carbocycles. The maximum Gasteiger partial charge on any atom is 0.250 e. The first-order chi connectivity index (χ1) is 14.2. The molecule has 9 nitrogen and oxygen atoms in total. The number of aromatic nitrogens is 2. The van der Waals surface area contributed by atoms with Crippen LogP contribution in [0.2, 0.25) is 0 Å². The number of morpholine rings is 1. The lowest BCUT2D eigenvalue weighted by atomic mass is 10.2. The smallest absolute Gasteiger partial charge is 0.250 e. The molecule has 152 valence electrons. The molecule has 29 heavy (non-hydrogen) atoms. The first-order valence-electron chi connectivity index (χ1n) is 8.88. The van der Waals surface area contributed by atoms with Gasteiger partial charge in [0, 0.05) is 19.2 Å². The lowest BCUT2D eigenvalue weighted by Gasteiger charge is -2.26. The number of ether oxygens (including phenoxy) is 3. The summed E-state index contributed by atoms with van der Waals surface area (Å²) in [4.78, 5) is 26.0. The second-order valence-electron chi connectivity index (χ2n) is 6.09. The Morgan fingerprint density at radius 2 is 2.03 bits per heavy atom.